The van der Waals surface area contributed by atoms with E-state index >= 15 is 0 Å². The van der Waals surface area contributed by atoms with Gasteiger partial charge >= 0.3 is 0 Å². The first kappa shape index (κ1) is 14.3. The van der Waals surface area contributed by atoms with Crippen LogP contribution in [0, 0.1) is 13.8 Å². The minimum Gasteiger partial charge on any atom is -0.494 e. The largest absolute Gasteiger partial charge is 0.494 e. The molecular formula is C14H23ClNO+. The maximum Gasteiger partial charge on any atom is 0.119 e. The number of quaternary nitrogens is 1. The van der Waals surface area contributed by atoms with E-state index in [-0.39, 0.29) is 0 Å². The smallest absolute Gasteiger partial charge is 0.119 e. The molecule has 0 aromatic heterocycles. The quantitative estimate of drug-likeness (QED) is 0.771. The van der Waals surface area contributed by atoms with Crippen LogP contribution >= 0.6 is 11.6 Å². The van der Waals surface area contributed by atoms with Gasteiger partial charge in [-0.1, -0.05) is 11.6 Å². The van der Waals surface area contributed by atoms with Gasteiger partial charge in [-0.3, -0.25) is 0 Å². The fourth-order valence-electron chi connectivity index (χ4n) is 1.76. The van der Waals surface area contributed by atoms with Gasteiger partial charge in [-0.25, -0.2) is 0 Å². The number of hydrogen-bond acceptors (Lipinski definition) is 1. The van der Waals surface area contributed by atoms with Gasteiger partial charge in [0.15, 0.2) is 0 Å². The van der Waals surface area contributed by atoms with Crippen molar-refractivity contribution >= 4 is 11.6 Å². The Morgan fingerprint density at radius 3 is 2.24 bits per heavy atom. The molecule has 0 aliphatic rings. The number of nitrogens with one attached hydrogen (secondary N) is 1. The zero-order valence-electron chi connectivity index (χ0n) is 11.3. The number of benzene rings is 1. The van der Waals surface area contributed by atoms with E-state index in [1.807, 2.05) is 26.0 Å². The third-order valence-electron chi connectivity index (χ3n) is 2.75. The molecule has 1 rings (SSSR count). The molecule has 1 aromatic carbocycles. The standard InChI is InChI=1S/C14H22ClNO/c1-11-9-13(10-12(2)14(11)15)17-8-6-5-7-16(3)4/h9-10H,5-8H2,1-4H3/p+1. The van der Waals surface area contributed by atoms with Crippen LogP contribution in [-0.2, 0) is 0 Å². The van der Waals surface area contributed by atoms with Crippen LogP contribution < -0.4 is 9.64 Å². The molecule has 0 aliphatic carbocycles. The van der Waals surface area contributed by atoms with Crippen molar-refractivity contribution in [2.75, 3.05) is 27.2 Å². The third-order valence-corrected chi connectivity index (χ3v) is 3.35. The van der Waals surface area contributed by atoms with E-state index < -0.39 is 0 Å². The molecule has 0 amide bonds. The summed E-state index contributed by atoms with van der Waals surface area (Å²) in [7, 11) is 4.35. The second-order valence-electron chi connectivity index (χ2n) is 4.88. The summed E-state index contributed by atoms with van der Waals surface area (Å²) < 4.78 is 5.74. The average Bonchev–Trinajstić information content (AvgIpc) is 2.25. The molecule has 0 bridgehead atoms. The Labute approximate surface area is 110 Å². The van der Waals surface area contributed by atoms with Gasteiger partial charge in [0.1, 0.15) is 5.75 Å². The van der Waals surface area contributed by atoms with Crippen molar-refractivity contribution in [1.29, 1.82) is 0 Å². The van der Waals surface area contributed by atoms with Gasteiger partial charge in [0.25, 0.3) is 0 Å². The fourth-order valence-corrected chi connectivity index (χ4v) is 1.87. The molecule has 0 saturated carbocycles. The summed E-state index contributed by atoms with van der Waals surface area (Å²) in [6.07, 6.45) is 2.31. The average molecular weight is 257 g/mol. The summed E-state index contributed by atoms with van der Waals surface area (Å²) in [5, 5.41) is 0.841. The van der Waals surface area contributed by atoms with Crippen molar-refractivity contribution in [2.24, 2.45) is 0 Å². The summed E-state index contributed by atoms with van der Waals surface area (Å²) in [5.41, 5.74) is 2.17. The number of halogens is 1. The van der Waals surface area contributed by atoms with Crippen molar-refractivity contribution in [3.05, 3.63) is 28.3 Å². The molecule has 0 heterocycles. The summed E-state index contributed by atoms with van der Waals surface area (Å²) in [6, 6.07) is 4.01. The van der Waals surface area contributed by atoms with E-state index in [1.54, 1.807) is 0 Å². The lowest BCUT2D eigenvalue weighted by Gasteiger charge is -2.10. The van der Waals surface area contributed by atoms with Crippen LogP contribution in [0.2, 0.25) is 5.02 Å². The summed E-state index contributed by atoms with van der Waals surface area (Å²) >= 11 is 6.11. The molecule has 3 heteroatoms. The van der Waals surface area contributed by atoms with Gasteiger partial charge in [0.05, 0.1) is 27.2 Å². The second kappa shape index (κ2) is 6.87. The lowest BCUT2D eigenvalue weighted by Crippen LogP contribution is -3.05. The Hall–Kier alpha value is -0.730. The molecule has 0 aliphatic heterocycles. The monoisotopic (exact) mass is 256 g/mol. The van der Waals surface area contributed by atoms with Crippen LogP contribution in [0.3, 0.4) is 0 Å². The third kappa shape index (κ3) is 4.97. The van der Waals surface area contributed by atoms with Gasteiger partial charge in [-0.2, -0.15) is 0 Å². The van der Waals surface area contributed by atoms with E-state index in [4.69, 9.17) is 16.3 Å². The van der Waals surface area contributed by atoms with E-state index in [0.29, 0.717) is 0 Å². The Morgan fingerprint density at radius 1 is 1.12 bits per heavy atom. The molecular weight excluding hydrogens is 234 g/mol. The number of ether oxygens (including phenoxy) is 1. The fraction of sp³-hybridized carbons (Fsp3) is 0.571. The molecule has 0 atom stereocenters. The maximum atomic E-state index is 6.11. The minimum absolute atomic E-state index is 0.786. The Balaban J connectivity index is 2.37. The van der Waals surface area contributed by atoms with Gasteiger partial charge in [-0.05, 0) is 49.9 Å². The van der Waals surface area contributed by atoms with E-state index in [0.717, 1.165) is 34.9 Å². The van der Waals surface area contributed by atoms with E-state index in [2.05, 4.69) is 14.1 Å². The SMILES string of the molecule is Cc1cc(OCCCC[NH+](C)C)cc(C)c1Cl. The lowest BCUT2D eigenvalue weighted by atomic mass is 10.1. The first-order valence-corrected chi connectivity index (χ1v) is 6.57. The zero-order chi connectivity index (χ0) is 12.8. The van der Waals surface area contributed by atoms with Gasteiger partial charge in [-0.15, -0.1) is 0 Å². The van der Waals surface area contributed by atoms with Crippen molar-refractivity contribution in [1.82, 2.24) is 0 Å². The summed E-state index contributed by atoms with van der Waals surface area (Å²) in [5.74, 6) is 0.932. The topological polar surface area (TPSA) is 13.7 Å². The van der Waals surface area contributed by atoms with Crippen molar-refractivity contribution < 1.29 is 9.64 Å². The Morgan fingerprint density at radius 2 is 1.71 bits per heavy atom. The molecule has 96 valence electrons. The highest BCUT2D eigenvalue weighted by atomic mass is 35.5. The summed E-state index contributed by atoms with van der Waals surface area (Å²) in [4.78, 5) is 1.49. The molecule has 1 N–H and O–H groups in total. The molecule has 0 spiro atoms. The van der Waals surface area contributed by atoms with Crippen LogP contribution in [0.25, 0.3) is 0 Å². The normalized spacial score (nSPS) is 10.9. The molecule has 17 heavy (non-hydrogen) atoms. The van der Waals surface area contributed by atoms with Crippen molar-refractivity contribution in [3.8, 4) is 5.75 Å². The van der Waals surface area contributed by atoms with Crippen LogP contribution in [0.1, 0.15) is 24.0 Å². The molecule has 0 saturated heterocycles. The van der Waals surface area contributed by atoms with E-state index in [1.165, 1.54) is 17.9 Å². The molecule has 2 nitrogen and oxygen atoms in total. The maximum absolute atomic E-state index is 6.11. The van der Waals surface area contributed by atoms with Gasteiger partial charge in [0, 0.05) is 5.02 Å². The predicted molar refractivity (Wildman–Crippen MR) is 73.3 cm³/mol. The predicted octanol–water partition coefficient (Wildman–Crippen LogP) is 2.26. The number of hydrogen-bond donors (Lipinski definition) is 1. The number of rotatable bonds is 6. The molecule has 0 fully saturated rings. The van der Waals surface area contributed by atoms with Crippen LogP contribution in [0.15, 0.2) is 12.1 Å². The van der Waals surface area contributed by atoms with Crippen molar-refractivity contribution in [3.63, 3.8) is 0 Å². The second-order valence-corrected chi connectivity index (χ2v) is 5.26. The molecule has 0 radical (unpaired) electrons. The lowest BCUT2D eigenvalue weighted by molar-refractivity contribution is -0.858. The highest BCUT2D eigenvalue weighted by Gasteiger charge is 2.03. The first-order chi connectivity index (χ1) is 8.00. The zero-order valence-corrected chi connectivity index (χ0v) is 12.0. The number of aryl methyl sites for hydroxylation is 2. The van der Waals surface area contributed by atoms with Crippen molar-refractivity contribution in [2.45, 2.75) is 26.7 Å². The summed E-state index contributed by atoms with van der Waals surface area (Å²) in [6.45, 7) is 6.00. The minimum atomic E-state index is 0.786. The van der Waals surface area contributed by atoms with Gasteiger partial charge < -0.3 is 9.64 Å². The molecule has 0 unspecified atom stereocenters. The van der Waals surface area contributed by atoms with Crippen LogP contribution in [0.4, 0.5) is 0 Å². The van der Waals surface area contributed by atoms with E-state index in [9.17, 15) is 0 Å². The molecule has 1 aromatic rings. The highest BCUT2D eigenvalue weighted by Crippen LogP contribution is 2.25. The highest BCUT2D eigenvalue weighted by molar-refractivity contribution is 6.32. The van der Waals surface area contributed by atoms with Crippen LogP contribution in [-0.4, -0.2) is 27.2 Å². The Kier molecular flexibility index (Phi) is 5.79. The first-order valence-electron chi connectivity index (χ1n) is 6.19. The van der Waals surface area contributed by atoms with Gasteiger partial charge in [0.2, 0.25) is 0 Å². The Bertz CT molecular complexity index is 340. The number of unbranched alkanes of at least 4 members (excludes halogenated alkanes) is 1. The van der Waals surface area contributed by atoms with Crippen LogP contribution in [0.5, 0.6) is 5.75 Å².